The molecule has 1 atom stereocenters. The number of ether oxygens (including phenoxy) is 2. The first-order chi connectivity index (χ1) is 20.3. The van der Waals surface area contributed by atoms with E-state index < -0.39 is 28.3 Å². The average molecular weight is 619 g/mol. The number of piperidine rings is 1. The summed E-state index contributed by atoms with van der Waals surface area (Å²) >= 11 is 0. The van der Waals surface area contributed by atoms with Crippen molar-refractivity contribution >= 4 is 26.9 Å². The maximum absolute atomic E-state index is 14.2. The van der Waals surface area contributed by atoms with Gasteiger partial charge in [-0.05, 0) is 67.7 Å². The third-order valence-electron chi connectivity index (χ3n) is 7.75. The number of hydrogen-bond acceptors (Lipinski definition) is 8. The van der Waals surface area contributed by atoms with E-state index in [0.717, 1.165) is 16.1 Å². The van der Waals surface area contributed by atoms with Gasteiger partial charge in [0.05, 0.1) is 42.1 Å². The summed E-state index contributed by atoms with van der Waals surface area (Å²) in [6.45, 7) is 0.544. The molecule has 0 saturated carbocycles. The van der Waals surface area contributed by atoms with Crippen molar-refractivity contribution < 1.29 is 31.1 Å². The molecule has 0 bridgehead atoms. The largest absolute Gasteiger partial charge is 0.495 e. The molecular weight excluding hydrogens is 585 g/mol. The Morgan fingerprint density at radius 3 is 2.51 bits per heavy atom. The molecule has 0 amide bonds. The minimum absolute atomic E-state index is 0.179. The predicted molar refractivity (Wildman–Crippen MR) is 158 cm³/mol. The monoisotopic (exact) mass is 618 g/mol. The number of likely N-dealkylation sites (tertiary alicyclic amines) is 1. The fraction of sp³-hybridized carbons (Fsp3) is 0.379. The topological polar surface area (TPSA) is 115 Å². The van der Waals surface area contributed by atoms with Gasteiger partial charge in [0.15, 0.2) is 0 Å². The van der Waals surface area contributed by atoms with E-state index in [4.69, 9.17) is 15.2 Å². The molecular formula is C29H33F3N6O4S. The zero-order chi connectivity index (χ0) is 30.9. The molecule has 43 heavy (non-hydrogen) atoms. The van der Waals surface area contributed by atoms with Crippen molar-refractivity contribution in [3.05, 3.63) is 66.4 Å². The van der Waals surface area contributed by atoms with E-state index in [1.54, 1.807) is 54.5 Å². The second-order valence-electron chi connectivity index (χ2n) is 10.6. The SMILES string of the molecule is COc1cc(C2CCN(CC(Oc3ncc4ccc(-c5ccccc5N(C)S(C)(=O)=O)n4n3)C(F)(F)F)CC2)ccc1N. The van der Waals surface area contributed by atoms with Crippen LogP contribution >= 0.6 is 0 Å². The third-order valence-corrected chi connectivity index (χ3v) is 8.94. The molecule has 230 valence electrons. The third kappa shape index (κ3) is 6.64. The second-order valence-corrected chi connectivity index (χ2v) is 12.6. The summed E-state index contributed by atoms with van der Waals surface area (Å²) in [4.78, 5) is 5.77. The van der Waals surface area contributed by atoms with Crippen LogP contribution in [0.25, 0.3) is 16.8 Å². The number of methoxy groups -OCH3 is 1. The van der Waals surface area contributed by atoms with Gasteiger partial charge >= 0.3 is 12.2 Å². The summed E-state index contributed by atoms with van der Waals surface area (Å²) in [5.74, 6) is 0.762. The molecule has 1 saturated heterocycles. The van der Waals surface area contributed by atoms with Crippen LogP contribution in [0.5, 0.6) is 11.8 Å². The van der Waals surface area contributed by atoms with Crippen LogP contribution in [0.3, 0.4) is 0 Å². The number of fused-ring (bicyclic) bond motifs is 1. The lowest BCUT2D eigenvalue weighted by Crippen LogP contribution is -2.47. The number of hydrogen-bond donors (Lipinski definition) is 1. The molecule has 1 aliphatic rings. The van der Waals surface area contributed by atoms with E-state index in [2.05, 4.69) is 10.1 Å². The first kappa shape index (κ1) is 30.4. The van der Waals surface area contributed by atoms with Gasteiger partial charge in [0.25, 0.3) is 0 Å². The van der Waals surface area contributed by atoms with Crippen molar-refractivity contribution in [1.82, 2.24) is 19.5 Å². The maximum Gasteiger partial charge on any atom is 0.426 e. The molecule has 0 aliphatic carbocycles. The van der Waals surface area contributed by atoms with Crippen molar-refractivity contribution in [2.75, 3.05) is 50.1 Å². The van der Waals surface area contributed by atoms with Gasteiger partial charge in [-0.15, -0.1) is 5.10 Å². The van der Waals surface area contributed by atoms with E-state index in [-0.39, 0.29) is 12.5 Å². The number of anilines is 2. The molecule has 10 nitrogen and oxygen atoms in total. The number of nitrogens with zero attached hydrogens (tertiary/aromatic N) is 5. The number of alkyl halides is 3. The van der Waals surface area contributed by atoms with Crippen molar-refractivity contribution in [3.8, 4) is 23.0 Å². The molecule has 0 radical (unpaired) electrons. The minimum atomic E-state index is -4.66. The van der Waals surface area contributed by atoms with Crippen molar-refractivity contribution in [2.45, 2.75) is 31.0 Å². The lowest BCUT2D eigenvalue weighted by Gasteiger charge is -2.34. The number of sulfonamides is 1. The number of para-hydroxylation sites is 1. The zero-order valence-corrected chi connectivity index (χ0v) is 24.8. The van der Waals surface area contributed by atoms with Gasteiger partial charge in [-0.1, -0.05) is 24.3 Å². The Kier molecular flexibility index (Phi) is 8.43. The normalized spacial score (nSPS) is 15.9. The Bertz CT molecular complexity index is 1700. The number of halogens is 3. The number of rotatable bonds is 9. The average Bonchev–Trinajstić information content (AvgIpc) is 3.39. The lowest BCUT2D eigenvalue weighted by atomic mass is 9.89. The fourth-order valence-corrected chi connectivity index (χ4v) is 5.80. The summed E-state index contributed by atoms with van der Waals surface area (Å²) in [7, 11) is -0.602. The first-order valence-corrected chi connectivity index (χ1v) is 15.5. The van der Waals surface area contributed by atoms with Crippen molar-refractivity contribution in [1.29, 1.82) is 0 Å². The van der Waals surface area contributed by atoms with Gasteiger partial charge in [-0.2, -0.15) is 13.2 Å². The molecule has 2 aromatic heterocycles. The summed E-state index contributed by atoms with van der Waals surface area (Å²) in [6.07, 6.45) is -3.01. The predicted octanol–water partition coefficient (Wildman–Crippen LogP) is 4.57. The fourth-order valence-electron chi connectivity index (χ4n) is 5.29. The molecule has 1 unspecified atom stereocenters. The zero-order valence-electron chi connectivity index (χ0n) is 24.0. The van der Waals surface area contributed by atoms with Crippen LogP contribution in [0.15, 0.2) is 60.8 Å². The molecule has 1 fully saturated rings. The molecule has 14 heteroatoms. The van der Waals surface area contributed by atoms with Crippen LogP contribution in [0.1, 0.15) is 24.3 Å². The Morgan fingerprint density at radius 2 is 1.84 bits per heavy atom. The highest BCUT2D eigenvalue weighted by molar-refractivity contribution is 7.92. The van der Waals surface area contributed by atoms with Gasteiger partial charge in [0, 0.05) is 19.2 Å². The molecule has 3 heterocycles. The van der Waals surface area contributed by atoms with Crippen LogP contribution in [0.2, 0.25) is 0 Å². The van der Waals surface area contributed by atoms with Crippen molar-refractivity contribution in [3.63, 3.8) is 0 Å². The van der Waals surface area contributed by atoms with Gasteiger partial charge < -0.3 is 15.2 Å². The molecule has 2 N–H and O–H groups in total. The van der Waals surface area contributed by atoms with E-state index in [1.165, 1.54) is 17.8 Å². The molecule has 5 rings (SSSR count). The number of benzene rings is 2. The summed E-state index contributed by atoms with van der Waals surface area (Å²) in [5.41, 5.74) is 9.38. The Hall–Kier alpha value is -4.04. The number of nitrogen functional groups attached to an aromatic ring is 1. The summed E-state index contributed by atoms with van der Waals surface area (Å²) in [6, 6.07) is 15.3. The van der Waals surface area contributed by atoms with Crippen LogP contribution in [0.4, 0.5) is 24.5 Å². The lowest BCUT2D eigenvalue weighted by molar-refractivity contribution is -0.201. The van der Waals surface area contributed by atoms with Gasteiger partial charge in [0.2, 0.25) is 16.1 Å². The first-order valence-electron chi connectivity index (χ1n) is 13.6. The highest BCUT2D eigenvalue weighted by Crippen LogP contribution is 2.35. The van der Waals surface area contributed by atoms with E-state index in [0.29, 0.717) is 59.8 Å². The number of aromatic nitrogens is 3. The van der Waals surface area contributed by atoms with E-state index in [1.807, 2.05) is 12.1 Å². The molecule has 0 spiro atoms. The quantitative estimate of drug-likeness (QED) is 0.271. The highest BCUT2D eigenvalue weighted by atomic mass is 32.2. The summed E-state index contributed by atoms with van der Waals surface area (Å²) < 4.78 is 80.2. The smallest absolute Gasteiger partial charge is 0.426 e. The van der Waals surface area contributed by atoms with E-state index >= 15 is 0 Å². The Labute approximate surface area is 247 Å². The van der Waals surface area contributed by atoms with Crippen LogP contribution in [0, 0.1) is 0 Å². The van der Waals surface area contributed by atoms with Crippen LogP contribution in [-0.2, 0) is 10.0 Å². The van der Waals surface area contributed by atoms with E-state index in [9.17, 15) is 21.6 Å². The van der Waals surface area contributed by atoms with Gasteiger partial charge in [-0.3, -0.25) is 9.21 Å². The van der Waals surface area contributed by atoms with Gasteiger partial charge in [-0.25, -0.2) is 17.9 Å². The standard InChI is InChI=1S/C29H33F3N6O4S/c1-36(43(3,39)40)24-7-5-4-6-22(24)25-11-9-21-17-34-28(35-38(21)25)42-27(29(30,31)32)18-37-14-12-19(13-15-37)20-8-10-23(33)26(16-20)41-2/h4-11,16-17,19,27H,12-15,18,33H2,1-3H3. The van der Waals surface area contributed by atoms with Gasteiger partial charge in [0.1, 0.15) is 5.75 Å². The summed E-state index contributed by atoms with van der Waals surface area (Å²) in [5, 5.41) is 4.27. The number of nitrogens with two attached hydrogens (primary N) is 1. The van der Waals surface area contributed by atoms with Crippen molar-refractivity contribution in [2.24, 2.45) is 0 Å². The molecule has 4 aromatic rings. The maximum atomic E-state index is 14.2. The van der Waals surface area contributed by atoms with Crippen LogP contribution in [-0.4, -0.2) is 80.2 Å². The second kappa shape index (κ2) is 11.9. The van der Waals surface area contributed by atoms with Crippen LogP contribution < -0.4 is 19.5 Å². The Balaban J connectivity index is 1.34. The Morgan fingerprint density at radius 1 is 1.12 bits per heavy atom. The molecule has 1 aliphatic heterocycles. The minimum Gasteiger partial charge on any atom is -0.495 e. The molecule has 2 aromatic carbocycles. The highest BCUT2D eigenvalue weighted by Gasteiger charge is 2.44.